The molecular formula is C42H51N5O6S. The molecule has 1 heterocycles. The highest BCUT2D eigenvalue weighted by Gasteiger charge is 2.33. The first-order chi connectivity index (χ1) is 25.9. The molecule has 2 unspecified atom stereocenters. The lowest BCUT2D eigenvalue weighted by Gasteiger charge is -2.29. The number of amides is 3. The quantitative estimate of drug-likeness (QED) is 0.0843. The molecule has 0 saturated heterocycles. The lowest BCUT2D eigenvalue weighted by atomic mass is 9.90. The molecule has 1 aliphatic rings. The molecule has 0 aliphatic heterocycles. The van der Waals surface area contributed by atoms with Crippen molar-refractivity contribution < 1.29 is 27.9 Å². The Morgan fingerprint density at radius 1 is 0.852 bits per heavy atom. The van der Waals surface area contributed by atoms with Crippen LogP contribution in [0.5, 0.6) is 0 Å². The van der Waals surface area contributed by atoms with E-state index in [1.54, 1.807) is 30.3 Å². The Morgan fingerprint density at radius 3 is 2.19 bits per heavy atom. The summed E-state index contributed by atoms with van der Waals surface area (Å²) in [6.07, 6.45) is 2.37. The fraction of sp³-hybridized carbons (Fsp3) is 0.405. The number of carbonyl (C=O) groups excluding carboxylic acids is 3. The molecule has 5 N–H and O–H groups in total. The predicted octanol–water partition coefficient (Wildman–Crippen LogP) is 5.42. The summed E-state index contributed by atoms with van der Waals surface area (Å²) in [7, 11) is -3.75. The summed E-state index contributed by atoms with van der Waals surface area (Å²) in [5.74, 6) is -2.88. The number of para-hydroxylation sites is 1. The topological polar surface area (TPSA) is 178 Å². The van der Waals surface area contributed by atoms with E-state index in [1.807, 2.05) is 68.4 Å². The van der Waals surface area contributed by atoms with Crippen LogP contribution >= 0.6 is 0 Å². The first-order valence-electron chi connectivity index (χ1n) is 18.7. The van der Waals surface area contributed by atoms with Crippen molar-refractivity contribution in [3.05, 3.63) is 108 Å². The SMILES string of the molecule is CC(C)C[C@H](NC(=O)c1ccc2ccccc2n1)C(=O)NC(Cc1ccccc1)C(O)CC(=N)[C@H](CCS(=O)(=O)c1ccccc1)C(=O)NC1CCCC1. The highest BCUT2D eigenvalue weighted by Crippen LogP contribution is 2.22. The fourth-order valence-corrected chi connectivity index (χ4v) is 8.28. The van der Waals surface area contributed by atoms with Crippen LogP contribution < -0.4 is 16.0 Å². The van der Waals surface area contributed by atoms with Gasteiger partial charge >= 0.3 is 0 Å². The molecule has 12 heteroatoms. The highest BCUT2D eigenvalue weighted by atomic mass is 32.2. The Kier molecular flexibility index (Phi) is 14.1. The Bertz CT molecular complexity index is 2000. The molecule has 5 rings (SSSR count). The van der Waals surface area contributed by atoms with E-state index < -0.39 is 51.7 Å². The van der Waals surface area contributed by atoms with Crippen LogP contribution in [0.2, 0.25) is 0 Å². The van der Waals surface area contributed by atoms with Gasteiger partial charge in [-0.1, -0.05) is 99.5 Å². The average molecular weight is 754 g/mol. The lowest BCUT2D eigenvalue weighted by Crippen LogP contribution is -2.54. The smallest absolute Gasteiger partial charge is 0.270 e. The zero-order valence-electron chi connectivity index (χ0n) is 30.9. The van der Waals surface area contributed by atoms with Gasteiger partial charge < -0.3 is 26.5 Å². The van der Waals surface area contributed by atoms with Gasteiger partial charge in [-0.15, -0.1) is 0 Å². The molecule has 3 aromatic carbocycles. The summed E-state index contributed by atoms with van der Waals surface area (Å²) >= 11 is 0. The zero-order valence-corrected chi connectivity index (χ0v) is 31.7. The third kappa shape index (κ3) is 11.3. The van der Waals surface area contributed by atoms with Crippen LogP contribution in [0.15, 0.2) is 102 Å². The molecule has 1 aromatic heterocycles. The number of rotatable bonds is 18. The first kappa shape index (κ1) is 40.2. The summed E-state index contributed by atoms with van der Waals surface area (Å²) in [6.45, 7) is 3.88. The molecule has 0 radical (unpaired) electrons. The Balaban J connectivity index is 1.34. The maximum absolute atomic E-state index is 14.0. The molecule has 4 atom stereocenters. The van der Waals surface area contributed by atoms with Gasteiger partial charge in [0.25, 0.3) is 5.91 Å². The third-order valence-electron chi connectivity index (χ3n) is 9.90. The Hall–Kier alpha value is -4.94. The summed E-state index contributed by atoms with van der Waals surface area (Å²) < 4.78 is 26.4. The van der Waals surface area contributed by atoms with Crippen molar-refractivity contribution in [1.29, 1.82) is 5.41 Å². The van der Waals surface area contributed by atoms with Crippen molar-refractivity contribution in [2.45, 2.75) is 94.3 Å². The Morgan fingerprint density at radius 2 is 1.50 bits per heavy atom. The normalized spacial score (nSPS) is 15.6. The van der Waals surface area contributed by atoms with Gasteiger partial charge in [-0.25, -0.2) is 13.4 Å². The van der Waals surface area contributed by atoms with Gasteiger partial charge in [0, 0.05) is 23.6 Å². The molecule has 1 aliphatic carbocycles. The molecule has 1 saturated carbocycles. The number of nitrogens with zero attached hydrogens (tertiary/aromatic N) is 1. The Labute approximate surface area is 317 Å². The number of hydrogen-bond donors (Lipinski definition) is 5. The fourth-order valence-electron chi connectivity index (χ4n) is 6.93. The van der Waals surface area contributed by atoms with Crippen LogP contribution in [0.1, 0.15) is 74.8 Å². The van der Waals surface area contributed by atoms with Crippen molar-refractivity contribution in [3.8, 4) is 0 Å². The number of pyridine rings is 1. The van der Waals surface area contributed by atoms with Crippen molar-refractivity contribution in [1.82, 2.24) is 20.9 Å². The third-order valence-corrected chi connectivity index (χ3v) is 11.7. The molecule has 54 heavy (non-hydrogen) atoms. The second kappa shape index (κ2) is 18.9. The van der Waals surface area contributed by atoms with Crippen LogP contribution in [-0.2, 0) is 25.8 Å². The maximum atomic E-state index is 14.0. The number of carbonyl (C=O) groups is 3. The van der Waals surface area contributed by atoms with Crippen molar-refractivity contribution in [2.24, 2.45) is 11.8 Å². The van der Waals surface area contributed by atoms with Gasteiger partial charge in [-0.2, -0.15) is 0 Å². The van der Waals surface area contributed by atoms with Crippen molar-refractivity contribution in [2.75, 3.05) is 5.75 Å². The van der Waals surface area contributed by atoms with E-state index in [1.165, 1.54) is 12.1 Å². The minimum absolute atomic E-state index is 0.0302. The minimum atomic E-state index is -3.75. The maximum Gasteiger partial charge on any atom is 0.270 e. The van der Waals surface area contributed by atoms with E-state index >= 15 is 0 Å². The molecule has 3 amide bonds. The zero-order chi connectivity index (χ0) is 38.7. The molecule has 11 nitrogen and oxygen atoms in total. The van der Waals surface area contributed by atoms with E-state index in [4.69, 9.17) is 5.41 Å². The summed E-state index contributed by atoms with van der Waals surface area (Å²) in [5.41, 5.74) is 1.52. The lowest BCUT2D eigenvalue weighted by molar-refractivity contribution is -0.125. The second-order valence-corrected chi connectivity index (χ2v) is 16.7. The average Bonchev–Trinajstić information content (AvgIpc) is 3.67. The van der Waals surface area contributed by atoms with E-state index in [2.05, 4.69) is 20.9 Å². The van der Waals surface area contributed by atoms with Crippen LogP contribution in [0, 0.1) is 17.2 Å². The van der Waals surface area contributed by atoms with Crippen LogP contribution in [0.25, 0.3) is 10.9 Å². The number of sulfone groups is 1. The molecule has 4 aromatic rings. The minimum Gasteiger partial charge on any atom is -0.391 e. The van der Waals surface area contributed by atoms with Gasteiger partial charge in [-0.3, -0.25) is 14.4 Å². The number of fused-ring (bicyclic) bond motifs is 1. The first-order valence-corrected chi connectivity index (χ1v) is 20.4. The molecule has 0 spiro atoms. The van der Waals surface area contributed by atoms with Gasteiger partial charge in [0.1, 0.15) is 11.7 Å². The summed E-state index contributed by atoms with van der Waals surface area (Å²) in [6, 6.07) is 26.2. The largest absolute Gasteiger partial charge is 0.391 e. The number of aliphatic hydroxyl groups is 1. The number of aromatic nitrogens is 1. The molecule has 286 valence electrons. The monoisotopic (exact) mass is 753 g/mol. The highest BCUT2D eigenvalue weighted by molar-refractivity contribution is 7.91. The van der Waals surface area contributed by atoms with Gasteiger partial charge in [0.2, 0.25) is 11.8 Å². The number of aliphatic hydroxyl groups excluding tert-OH is 1. The summed E-state index contributed by atoms with van der Waals surface area (Å²) in [5, 5.41) is 30.5. The van der Waals surface area contributed by atoms with Crippen LogP contribution in [0.3, 0.4) is 0 Å². The van der Waals surface area contributed by atoms with E-state index in [0.29, 0.717) is 11.9 Å². The molecule has 0 bridgehead atoms. The van der Waals surface area contributed by atoms with Crippen LogP contribution in [0.4, 0.5) is 0 Å². The number of benzene rings is 3. The van der Waals surface area contributed by atoms with Gasteiger partial charge in [-0.05, 0) is 67.9 Å². The number of nitrogens with one attached hydrogen (secondary N) is 4. The van der Waals surface area contributed by atoms with E-state index in [9.17, 15) is 27.9 Å². The van der Waals surface area contributed by atoms with Crippen molar-refractivity contribution >= 4 is 44.2 Å². The predicted molar refractivity (Wildman–Crippen MR) is 210 cm³/mol. The van der Waals surface area contributed by atoms with Crippen LogP contribution in [-0.4, -0.2) is 71.9 Å². The summed E-state index contributed by atoms with van der Waals surface area (Å²) in [4.78, 5) is 45.7. The standard InChI is InChI=1S/C42H51N5O6S/c1-28(2)25-38(47-41(50)36-22-21-30-15-9-12-20-35(30)45-36)42(51)46-37(26-29-13-5-3-6-14-29)39(48)27-34(43)33(40(49)44-31-16-10-11-17-31)23-24-54(52,53)32-18-7-4-8-19-32/h3-9,12-15,18-22,28,31,33,37-39,43,48H,10-11,16-17,23-27H2,1-2H3,(H,44,49)(H,46,51)(H,47,50)/t33-,37?,38-,39?/m0/s1. The van der Waals surface area contributed by atoms with E-state index in [-0.39, 0.29) is 53.3 Å². The van der Waals surface area contributed by atoms with Crippen molar-refractivity contribution in [3.63, 3.8) is 0 Å². The van der Waals surface area contributed by atoms with Gasteiger partial charge in [0.15, 0.2) is 9.84 Å². The van der Waals surface area contributed by atoms with Gasteiger partial charge in [0.05, 0.1) is 34.2 Å². The molecule has 1 fully saturated rings. The van der Waals surface area contributed by atoms with E-state index in [0.717, 1.165) is 36.6 Å². The molecular weight excluding hydrogens is 703 g/mol. The second-order valence-electron chi connectivity index (χ2n) is 14.6. The number of hydrogen-bond acceptors (Lipinski definition) is 8.